The van der Waals surface area contributed by atoms with Gasteiger partial charge in [0.2, 0.25) is 5.91 Å². The van der Waals surface area contributed by atoms with Crippen LogP contribution in [0.4, 0.5) is 11.5 Å². The maximum Gasteiger partial charge on any atom is 0.221 e. The summed E-state index contributed by atoms with van der Waals surface area (Å²) in [7, 11) is 0. The minimum atomic E-state index is -0.108. The van der Waals surface area contributed by atoms with E-state index in [-0.39, 0.29) is 5.91 Å². The number of rotatable bonds is 5. The van der Waals surface area contributed by atoms with Crippen LogP contribution in [0, 0.1) is 0 Å². The van der Waals surface area contributed by atoms with Crippen molar-refractivity contribution in [2.24, 2.45) is 0 Å². The second-order valence-electron chi connectivity index (χ2n) is 6.36. The zero-order valence-corrected chi connectivity index (χ0v) is 15.9. The van der Waals surface area contributed by atoms with E-state index in [0.29, 0.717) is 17.4 Å². The number of anilines is 2. The van der Waals surface area contributed by atoms with Crippen LogP contribution in [-0.2, 0) is 11.3 Å². The fourth-order valence-electron chi connectivity index (χ4n) is 3.05. The molecule has 0 atom stereocenters. The van der Waals surface area contributed by atoms with Gasteiger partial charge in [-0.05, 0) is 29.8 Å². The Labute approximate surface area is 167 Å². The number of halogens is 1. The van der Waals surface area contributed by atoms with Gasteiger partial charge in [-0.2, -0.15) is 0 Å². The van der Waals surface area contributed by atoms with Gasteiger partial charge in [-0.1, -0.05) is 35.9 Å². The fraction of sp³-hybridized carbons (Fsp3) is 0.0952. The van der Waals surface area contributed by atoms with Crippen LogP contribution in [0.2, 0.25) is 5.02 Å². The lowest BCUT2D eigenvalue weighted by Gasteiger charge is -2.12. The molecule has 0 aliphatic rings. The van der Waals surface area contributed by atoms with Crippen molar-refractivity contribution in [3.63, 3.8) is 0 Å². The van der Waals surface area contributed by atoms with E-state index in [2.05, 4.69) is 20.6 Å². The molecule has 4 rings (SSSR count). The summed E-state index contributed by atoms with van der Waals surface area (Å²) in [6, 6.07) is 15.3. The number of hydrogen-bond donors (Lipinski definition) is 2. The number of carbonyl (C=O) groups excluding carboxylic acids is 1. The third kappa shape index (κ3) is 3.82. The number of imidazole rings is 1. The lowest BCUT2D eigenvalue weighted by molar-refractivity contribution is -0.114. The average Bonchev–Trinajstić information content (AvgIpc) is 3.16. The van der Waals surface area contributed by atoms with Crippen LogP contribution in [0.25, 0.3) is 16.9 Å². The Morgan fingerprint density at radius 1 is 1.14 bits per heavy atom. The van der Waals surface area contributed by atoms with Crippen molar-refractivity contribution in [3.05, 3.63) is 77.7 Å². The molecular formula is C21H18ClN5O. The van der Waals surface area contributed by atoms with E-state index in [1.54, 1.807) is 12.4 Å². The number of carbonyl (C=O) groups is 1. The molecule has 0 aliphatic heterocycles. The van der Waals surface area contributed by atoms with Gasteiger partial charge in [-0.3, -0.25) is 9.20 Å². The summed E-state index contributed by atoms with van der Waals surface area (Å²) < 4.78 is 1.97. The molecule has 2 aromatic carbocycles. The van der Waals surface area contributed by atoms with E-state index in [4.69, 9.17) is 11.6 Å². The Bertz CT molecular complexity index is 1150. The number of benzene rings is 2. The lowest BCUT2D eigenvalue weighted by Crippen LogP contribution is -2.06. The maximum absolute atomic E-state index is 11.3. The zero-order valence-electron chi connectivity index (χ0n) is 15.2. The Kier molecular flexibility index (Phi) is 4.95. The second-order valence-corrected chi connectivity index (χ2v) is 6.79. The summed E-state index contributed by atoms with van der Waals surface area (Å²) in [5.41, 5.74) is 4.34. The van der Waals surface area contributed by atoms with Crippen LogP contribution < -0.4 is 10.6 Å². The molecule has 140 valence electrons. The van der Waals surface area contributed by atoms with Gasteiger partial charge in [0.25, 0.3) is 0 Å². The van der Waals surface area contributed by atoms with Gasteiger partial charge in [-0.25, -0.2) is 9.97 Å². The van der Waals surface area contributed by atoms with E-state index >= 15 is 0 Å². The Morgan fingerprint density at radius 2 is 2.00 bits per heavy atom. The molecule has 0 radical (unpaired) electrons. The van der Waals surface area contributed by atoms with Gasteiger partial charge >= 0.3 is 0 Å². The normalized spacial score (nSPS) is 10.8. The van der Waals surface area contributed by atoms with E-state index in [1.807, 2.05) is 59.1 Å². The molecule has 28 heavy (non-hydrogen) atoms. The number of hydrogen-bond acceptors (Lipinski definition) is 4. The highest BCUT2D eigenvalue weighted by Crippen LogP contribution is 2.26. The van der Waals surface area contributed by atoms with Gasteiger partial charge in [0.1, 0.15) is 0 Å². The van der Waals surface area contributed by atoms with Crippen LogP contribution in [0.3, 0.4) is 0 Å². The molecule has 2 heterocycles. The minimum Gasteiger partial charge on any atom is -0.363 e. The molecule has 4 aromatic rings. The zero-order chi connectivity index (χ0) is 19.5. The smallest absolute Gasteiger partial charge is 0.221 e. The van der Waals surface area contributed by atoms with Gasteiger partial charge in [0.15, 0.2) is 11.5 Å². The van der Waals surface area contributed by atoms with Crippen molar-refractivity contribution in [1.29, 1.82) is 0 Å². The molecule has 7 heteroatoms. The molecule has 2 aromatic heterocycles. The van der Waals surface area contributed by atoms with Gasteiger partial charge < -0.3 is 10.6 Å². The summed E-state index contributed by atoms with van der Waals surface area (Å²) in [6.07, 6.45) is 5.42. The maximum atomic E-state index is 11.3. The first-order valence-corrected chi connectivity index (χ1v) is 9.16. The summed E-state index contributed by atoms with van der Waals surface area (Å²) in [6.45, 7) is 2.08. The van der Waals surface area contributed by atoms with Crippen molar-refractivity contribution >= 4 is 34.7 Å². The SMILES string of the molecule is CC(=O)Nc1cccc(-c2cnc(NCc3cccc(Cl)c3)c3nccn23)c1. The molecule has 0 saturated carbocycles. The van der Waals surface area contributed by atoms with E-state index in [1.165, 1.54) is 6.92 Å². The number of amides is 1. The first-order chi connectivity index (χ1) is 13.6. The number of nitrogens with zero attached hydrogens (tertiary/aromatic N) is 3. The van der Waals surface area contributed by atoms with E-state index in [0.717, 1.165) is 28.2 Å². The predicted molar refractivity (Wildman–Crippen MR) is 112 cm³/mol. The molecule has 0 saturated heterocycles. The van der Waals surface area contributed by atoms with Gasteiger partial charge in [-0.15, -0.1) is 0 Å². The second kappa shape index (κ2) is 7.70. The predicted octanol–water partition coefficient (Wildman–Crippen LogP) is 4.62. The minimum absolute atomic E-state index is 0.108. The lowest BCUT2D eigenvalue weighted by atomic mass is 10.1. The summed E-state index contributed by atoms with van der Waals surface area (Å²) in [5, 5.41) is 6.83. The third-order valence-corrected chi connectivity index (χ3v) is 4.49. The monoisotopic (exact) mass is 391 g/mol. The third-order valence-electron chi connectivity index (χ3n) is 4.26. The number of nitrogens with one attached hydrogen (secondary N) is 2. The van der Waals surface area contributed by atoms with Crippen molar-refractivity contribution in [1.82, 2.24) is 14.4 Å². The molecule has 2 N–H and O–H groups in total. The Hall–Kier alpha value is -3.38. The molecule has 0 fully saturated rings. The van der Waals surface area contributed by atoms with Crippen molar-refractivity contribution < 1.29 is 4.79 Å². The molecule has 1 amide bonds. The largest absolute Gasteiger partial charge is 0.363 e. The number of fused-ring (bicyclic) bond motifs is 1. The van der Waals surface area contributed by atoms with Crippen LogP contribution in [0.15, 0.2) is 67.1 Å². The highest BCUT2D eigenvalue weighted by molar-refractivity contribution is 6.30. The van der Waals surface area contributed by atoms with E-state index < -0.39 is 0 Å². The highest BCUT2D eigenvalue weighted by Gasteiger charge is 2.11. The summed E-state index contributed by atoms with van der Waals surface area (Å²) in [5.74, 6) is 0.579. The summed E-state index contributed by atoms with van der Waals surface area (Å²) in [4.78, 5) is 20.3. The van der Waals surface area contributed by atoms with E-state index in [9.17, 15) is 4.79 Å². The number of aromatic nitrogens is 3. The Morgan fingerprint density at radius 3 is 2.82 bits per heavy atom. The van der Waals surface area contributed by atoms with Crippen LogP contribution >= 0.6 is 11.6 Å². The van der Waals surface area contributed by atoms with Gasteiger partial charge in [0, 0.05) is 42.1 Å². The fourth-order valence-corrected chi connectivity index (χ4v) is 3.26. The van der Waals surface area contributed by atoms with Crippen LogP contribution in [0.1, 0.15) is 12.5 Å². The van der Waals surface area contributed by atoms with Gasteiger partial charge in [0.05, 0.1) is 11.9 Å². The molecule has 0 unspecified atom stereocenters. The van der Waals surface area contributed by atoms with Crippen molar-refractivity contribution in [3.8, 4) is 11.3 Å². The van der Waals surface area contributed by atoms with Crippen molar-refractivity contribution in [2.45, 2.75) is 13.5 Å². The van der Waals surface area contributed by atoms with Crippen LogP contribution in [0.5, 0.6) is 0 Å². The first kappa shape index (κ1) is 18.0. The van der Waals surface area contributed by atoms with Crippen molar-refractivity contribution in [2.75, 3.05) is 10.6 Å². The average molecular weight is 392 g/mol. The molecular weight excluding hydrogens is 374 g/mol. The standard InChI is InChI=1S/C21H18ClN5O/c1-14(28)26-18-7-3-5-16(11-18)19-13-25-20(21-23-8-9-27(19)21)24-12-15-4-2-6-17(22)10-15/h2-11,13H,12H2,1H3,(H,24,25)(H,26,28). The topological polar surface area (TPSA) is 71.3 Å². The molecule has 0 spiro atoms. The van der Waals surface area contributed by atoms with Crippen LogP contribution in [-0.4, -0.2) is 20.3 Å². The quantitative estimate of drug-likeness (QED) is 0.520. The Balaban J connectivity index is 1.65. The molecule has 6 nitrogen and oxygen atoms in total. The molecule has 0 bridgehead atoms. The highest BCUT2D eigenvalue weighted by atomic mass is 35.5. The molecule has 0 aliphatic carbocycles. The summed E-state index contributed by atoms with van der Waals surface area (Å²) >= 11 is 6.05. The first-order valence-electron chi connectivity index (χ1n) is 8.78.